The molecule has 0 aromatic carbocycles. The largest absolute Gasteiger partial charge is 0.397 e. The van der Waals surface area contributed by atoms with Gasteiger partial charge in [-0.1, -0.05) is 15.9 Å². The fourth-order valence-corrected chi connectivity index (χ4v) is 1.39. The van der Waals surface area contributed by atoms with Crippen molar-refractivity contribution in [3.05, 3.63) is 23.5 Å². The normalized spacial score (nSPS) is 15.1. The quantitative estimate of drug-likeness (QED) is 0.702. The minimum absolute atomic E-state index is 0.305. The molecule has 0 aliphatic heterocycles. The molecule has 0 spiro atoms. The van der Waals surface area contributed by atoms with Crippen LogP contribution in [0.25, 0.3) is 0 Å². The number of rotatable bonds is 3. The second kappa shape index (κ2) is 4.72. The predicted octanol–water partition coefficient (Wildman–Crippen LogP) is 0.761. The van der Waals surface area contributed by atoms with Crippen molar-refractivity contribution >= 4 is 21.6 Å². The highest BCUT2D eigenvalue weighted by molar-refractivity contribution is 9.09. The van der Waals surface area contributed by atoms with Crippen LogP contribution in [0.3, 0.4) is 0 Å². The maximum atomic E-state index is 9.62. The van der Waals surface area contributed by atoms with Crippen LogP contribution in [0.1, 0.15) is 17.5 Å². The summed E-state index contributed by atoms with van der Waals surface area (Å²) in [5.74, 6) is 0. The number of pyridine rings is 1. The number of nitrogen functional groups attached to an aromatic ring is 1. The van der Waals surface area contributed by atoms with Gasteiger partial charge in [0.25, 0.3) is 0 Å². The number of aliphatic hydroxyl groups excluding tert-OH is 2. The van der Waals surface area contributed by atoms with E-state index in [1.54, 1.807) is 19.1 Å². The summed E-state index contributed by atoms with van der Waals surface area (Å²) in [5.41, 5.74) is 7.25. The number of alkyl halides is 1. The first-order chi connectivity index (χ1) is 6.56. The van der Waals surface area contributed by atoms with Gasteiger partial charge in [0.2, 0.25) is 0 Å². The van der Waals surface area contributed by atoms with Gasteiger partial charge in [0.15, 0.2) is 0 Å². The highest BCUT2D eigenvalue weighted by atomic mass is 79.9. The van der Waals surface area contributed by atoms with Gasteiger partial charge in [-0.15, -0.1) is 0 Å². The first-order valence-electron chi connectivity index (χ1n) is 4.21. The van der Waals surface area contributed by atoms with Gasteiger partial charge >= 0.3 is 0 Å². The Hall–Kier alpha value is -0.650. The van der Waals surface area contributed by atoms with Crippen molar-refractivity contribution in [2.75, 3.05) is 11.1 Å². The molecule has 0 aliphatic rings. The van der Waals surface area contributed by atoms with Crippen LogP contribution in [0.15, 0.2) is 12.1 Å². The van der Waals surface area contributed by atoms with Gasteiger partial charge in [0, 0.05) is 5.33 Å². The molecule has 0 bridgehead atoms. The van der Waals surface area contributed by atoms with Crippen molar-refractivity contribution in [1.82, 2.24) is 4.98 Å². The molecule has 0 radical (unpaired) electrons. The van der Waals surface area contributed by atoms with Crippen molar-refractivity contribution < 1.29 is 10.2 Å². The molecule has 4 nitrogen and oxygen atoms in total. The van der Waals surface area contributed by atoms with Crippen molar-refractivity contribution in [2.45, 2.75) is 19.1 Å². The van der Waals surface area contributed by atoms with Crippen molar-refractivity contribution in [3.8, 4) is 0 Å². The van der Waals surface area contributed by atoms with Crippen molar-refractivity contribution in [1.29, 1.82) is 0 Å². The molecular formula is C9H13BrN2O2. The highest BCUT2D eigenvalue weighted by Crippen LogP contribution is 2.18. The molecule has 0 fully saturated rings. The van der Waals surface area contributed by atoms with E-state index in [0.717, 1.165) is 0 Å². The molecule has 4 N–H and O–H groups in total. The number of hydrogen-bond acceptors (Lipinski definition) is 4. The zero-order valence-electron chi connectivity index (χ0n) is 7.81. The van der Waals surface area contributed by atoms with Gasteiger partial charge in [-0.2, -0.15) is 0 Å². The van der Waals surface area contributed by atoms with E-state index in [9.17, 15) is 10.2 Å². The maximum Gasteiger partial charge on any atom is 0.123 e. The Balaban J connectivity index is 2.91. The van der Waals surface area contributed by atoms with Crippen LogP contribution in [0.2, 0.25) is 0 Å². The van der Waals surface area contributed by atoms with Crippen LogP contribution in [-0.4, -0.2) is 26.6 Å². The molecule has 0 aliphatic carbocycles. The molecule has 78 valence electrons. The summed E-state index contributed by atoms with van der Waals surface area (Å²) >= 11 is 3.08. The molecular weight excluding hydrogens is 248 g/mol. The summed E-state index contributed by atoms with van der Waals surface area (Å²) in [4.78, 5) is 4.09. The van der Waals surface area contributed by atoms with E-state index in [0.29, 0.717) is 22.4 Å². The van der Waals surface area contributed by atoms with E-state index in [4.69, 9.17) is 5.73 Å². The Labute approximate surface area is 90.9 Å². The zero-order chi connectivity index (χ0) is 10.7. The fourth-order valence-electron chi connectivity index (χ4n) is 1.04. The first kappa shape index (κ1) is 11.4. The van der Waals surface area contributed by atoms with Gasteiger partial charge in [-0.25, -0.2) is 0 Å². The molecule has 0 saturated carbocycles. The Morgan fingerprint density at radius 1 is 1.50 bits per heavy atom. The lowest BCUT2D eigenvalue weighted by Gasteiger charge is -2.15. The molecule has 14 heavy (non-hydrogen) atoms. The van der Waals surface area contributed by atoms with E-state index in [1.807, 2.05) is 0 Å². The number of aromatic nitrogens is 1. The smallest absolute Gasteiger partial charge is 0.123 e. The minimum atomic E-state index is -0.978. The number of nitrogens with two attached hydrogens (primary N) is 1. The van der Waals surface area contributed by atoms with Crippen LogP contribution in [-0.2, 0) is 0 Å². The van der Waals surface area contributed by atoms with E-state index < -0.39 is 12.2 Å². The topological polar surface area (TPSA) is 79.4 Å². The highest BCUT2D eigenvalue weighted by Gasteiger charge is 2.18. The third-order valence-corrected chi connectivity index (χ3v) is 2.64. The van der Waals surface area contributed by atoms with Crippen LogP contribution in [0.4, 0.5) is 5.69 Å². The third kappa shape index (κ3) is 2.43. The van der Waals surface area contributed by atoms with E-state index >= 15 is 0 Å². The van der Waals surface area contributed by atoms with Crippen molar-refractivity contribution in [3.63, 3.8) is 0 Å². The number of aliphatic hydroxyl groups is 2. The molecule has 2 atom stereocenters. The Kier molecular flexibility index (Phi) is 3.86. The lowest BCUT2D eigenvalue weighted by Crippen LogP contribution is -2.20. The molecule has 1 aromatic rings. The summed E-state index contributed by atoms with van der Waals surface area (Å²) in [5, 5.41) is 19.3. The number of halogens is 1. The minimum Gasteiger partial charge on any atom is -0.397 e. The number of nitrogens with zero attached hydrogens (tertiary/aromatic N) is 1. The summed E-state index contributed by atoms with van der Waals surface area (Å²) in [6, 6.07) is 3.28. The lowest BCUT2D eigenvalue weighted by molar-refractivity contribution is 0.0315. The number of anilines is 1. The predicted molar refractivity (Wildman–Crippen MR) is 58.1 cm³/mol. The Morgan fingerprint density at radius 3 is 2.64 bits per heavy atom. The number of hydrogen-bond donors (Lipinski definition) is 3. The average Bonchev–Trinajstić information content (AvgIpc) is 2.20. The van der Waals surface area contributed by atoms with Crippen LogP contribution in [0, 0.1) is 6.92 Å². The first-order valence-corrected chi connectivity index (χ1v) is 5.33. The molecule has 1 rings (SSSR count). The maximum absolute atomic E-state index is 9.62. The van der Waals surface area contributed by atoms with Gasteiger partial charge in [-0.3, -0.25) is 4.98 Å². The zero-order valence-corrected chi connectivity index (χ0v) is 9.40. The molecule has 1 aromatic heterocycles. The van der Waals surface area contributed by atoms with Gasteiger partial charge in [0.1, 0.15) is 6.10 Å². The van der Waals surface area contributed by atoms with Crippen LogP contribution in [0.5, 0.6) is 0 Å². The molecule has 2 unspecified atom stereocenters. The van der Waals surface area contributed by atoms with Gasteiger partial charge in [0.05, 0.1) is 23.2 Å². The summed E-state index contributed by atoms with van der Waals surface area (Å²) < 4.78 is 0. The van der Waals surface area contributed by atoms with Crippen molar-refractivity contribution in [2.24, 2.45) is 0 Å². The van der Waals surface area contributed by atoms with Gasteiger partial charge < -0.3 is 15.9 Å². The van der Waals surface area contributed by atoms with Crippen LogP contribution >= 0.6 is 15.9 Å². The Bertz CT molecular complexity index is 320. The second-order valence-electron chi connectivity index (χ2n) is 3.08. The summed E-state index contributed by atoms with van der Waals surface area (Å²) in [6.07, 6.45) is -1.83. The van der Waals surface area contributed by atoms with Gasteiger partial charge in [-0.05, 0) is 19.1 Å². The third-order valence-electron chi connectivity index (χ3n) is 1.97. The summed E-state index contributed by atoms with van der Waals surface area (Å²) in [7, 11) is 0. The molecule has 1 heterocycles. The molecule has 5 heteroatoms. The molecule has 0 saturated heterocycles. The number of aryl methyl sites for hydroxylation is 1. The van der Waals surface area contributed by atoms with E-state index in [-0.39, 0.29) is 0 Å². The Morgan fingerprint density at radius 2 is 2.14 bits per heavy atom. The summed E-state index contributed by atoms with van der Waals surface area (Å²) in [6.45, 7) is 1.76. The van der Waals surface area contributed by atoms with Crippen LogP contribution < -0.4 is 5.73 Å². The fraction of sp³-hybridized carbons (Fsp3) is 0.444. The average molecular weight is 261 g/mol. The van der Waals surface area contributed by atoms with E-state index in [1.165, 1.54) is 0 Å². The lowest BCUT2D eigenvalue weighted by atomic mass is 10.1. The monoisotopic (exact) mass is 260 g/mol. The molecule has 0 amide bonds. The van der Waals surface area contributed by atoms with E-state index in [2.05, 4.69) is 20.9 Å². The SMILES string of the molecule is Cc1nc(C(O)C(O)CBr)ccc1N. The standard InChI is InChI=1S/C9H13BrN2O2/c1-5-6(11)2-3-7(12-5)9(14)8(13)4-10/h2-3,8-9,13-14H,4,11H2,1H3. The second-order valence-corrected chi connectivity index (χ2v) is 3.72.